The molecular weight excluding hydrogens is 882 g/mol. The van der Waals surface area contributed by atoms with E-state index in [1.807, 2.05) is 24.3 Å². The molecule has 0 aliphatic heterocycles. The van der Waals surface area contributed by atoms with E-state index in [9.17, 15) is 22.8 Å². The van der Waals surface area contributed by atoms with Crippen LogP contribution in [0.2, 0.25) is 0 Å². The molecule has 1 aliphatic rings. The standard InChI is InChI=1S/C49H61F3N2O13/c50-49(51,52)38-8-7-9-39(36-38)54-46-15-6-5-14-44(46)47(55)66-35-34-65-33-32-64-31-30-63-29-28-62-27-26-61-25-24-60-23-22-59-21-20-58-19-18-57-17-16-53-48(56)67-37-45-42-12-3-1-10-40(42)41-11-2-4-13-43(41)45/h1-15,36,45,54H,16-35,37H2,(H,53,56). The molecule has 15 nitrogen and oxygen atoms in total. The van der Waals surface area contributed by atoms with Crippen molar-refractivity contribution in [3.8, 4) is 11.1 Å². The van der Waals surface area contributed by atoms with Gasteiger partial charge in [0.1, 0.15) is 13.2 Å². The van der Waals surface area contributed by atoms with Crippen LogP contribution in [0.25, 0.3) is 11.1 Å². The Bertz CT molecular complexity index is 1980. The highest BCUT2D eigenvalue weighted by Crippen LogP contribution is 2.44. The van der Waals surface area contributed by atoms with Gasteiger partial charge in [-0.3, -0.25) is 0 Å². The van der Waals surface area contributed by atoms with Gasteiger partial charge in [-0.25, -0.2) is 9.59 Å². The SMILES string of the molecule is O=C(NCCOCCOCCOCCOCCOCCOCCOCCOCCOCCOC(=O)c1ccccc1Nc1cccc(C(F)(F)F)c1)OCC1c2ccccc2-c2ccccc21. The Kier molecular flexibility index (Phi) is 24.4. The first-order valence-corrected chi connectivity index (χ1v) is 22.3. The minimum absolute atomic E-state index is 0.0101. The van der Waals surface area contributed by atoms with E-state index in [0.29, 0.717) is 125 Å². The van der Waals surface area contributed by atoms with Gasteiger partial charge in [0.25, 0.3) is 0 Å². The Morgan fingerprint density at radius 2 is 0.910 bits per heavy atom. The number of hydrogen-bond acceptors (Lipinski definition) is 14. The number of halogens is 3. The van der Waals surface area contributed by atoms with Crippen LogP contribution in [0.3, 0.4) is 0 Å². The van der Waals surface area contributed by atoms with Gasteiger partial charge in [0.2, 0.25) is 0 Å². The molecule has 0 atom stereocenters. The van der Waals surface area contributed by atoms with Crippen LogP contribution in [-0.2, 0) is 58.3 Å². The normalized spacial score (nSPS) is 12.2. The van der Waals surface area contributed by atoms with Gasteiger partial charge in [-0.1, -0.05) is 66.7 Å². The zero-order valence-electron chi connectivity index (χ0n) is 37.6. The summed E-state index contributed by atoms with van der Waals surface area (Å²) < 4.78 is 99.5. The lowest BCUT2D eigenvalue weighted by Crippen LogP contribution is -2.29. The minimum atomic E-state index is -4.48. The number of carbonyl (C=O) groups is 2. The second-order valence-corrected chi connectivity index (χ2v) is 14.6. The zero-order chi connectivity index (χ0) is 47.2. The molecule has 2 N–H and O–H groups in total. The van der Waals surface area contributed by atoms with Crippen molar-refractivity contribution in [1.29, 1.82) is 0 Å². The van der Waals surface area contributed by atoms with E-state index in [-0.39, 0.29) is 37.0 Å². The highest BCUT2D eigenvalue weighted by molar-refractivity contribution is 5.96. The molecular formula is C49H61F3N2O13. The van der Waals surface area contributed by atoms with Gasteiger partial charge >= 0.3 is 18.2 Å². The van der Waals surface area contributed by atoms with Gasteiger partial charge in [-0.2, -0.15) is 13.2 Å². The van der Waals surface area contributed by atoms with Gasteiger partial charge in [-0.05, 0) is 52.6 Å². The van der Waals surface area contributed by atoms with E-state index in [4.69, 9.17) is 52.1 Å². The molecule has 1 aliphatic carbocycles. The lowest BCUT2D eigenvalue weighted by molar-refractivity contribution is -0.137. The summed E-state index contributed by atoms with van der Waals surface area (Å²) in [5, 5.41) is 5.59. The molecule has 0 heterocycles. The first-order valence-electron chi connectivity index (χ1n) is 22.3. The third-order valence-corrected chi connectivity index (χ3v) is 9.91. The number of esters is 1. The molecule has 366 valence electrons. The number of amides is 1. The van der Waals surface area contributed by atoms with E-state index < -0.39 is 23.8 Å². The lowest BCUT2D eigenvalue weighted by Gasteiger charge is -2.14. The summed E-state index contributed by atoms with van der Waals surface area (Å²) in [5.41, 5.74) is 4.61. The number of hydrogen-bond donors (Lipinski definition) is 2. The van der Waals surface area contributed by atoms with Crippen LogP contribution >= 0.6 is 0 Å². The van der Waals surface area contributed by atoms with E-state index in [2.05, 4.69) is 34.9 Å². The summed E-state index contributed by atoms with van der Waals surface area (Å²) in [6.45, 7) is 7.65. The number of ether oxygens (including phenoxy) is 11. The van der Waals surface area contributed by atoms with Crippen molar-refractivity contribution in [3.05, 3.63) is 119 Å². The van der Waals surface area contributed by atoms with Crippen LogP contribution in [0, 0.1) is 0 Å². The summed E-state index contributed by atoms with van der Waals surface area (Å²) in [5.74, 6) is -0.614. The first-order chi connectivity index (χ1) is 32.8. The second-order valence-electron chi connectivity index (χ2n) is 14.6. The number of alkyl halides is 3. The minimum Gasteiger partial charge on any atom is -0.460 e. The molecule has 0 spiro atoms. The number of fused-ring (bicyclic) bond motifs is 3. The average molecular weight is 943 g/mol. The predicted molar refractivity (Wildman–Crippen MR) is 242 cm³/mol. The van der Waals surface area contributed by atoms with Crippen LogP contribution in [0.4, 0.5) is 29.3 Å². The molecule has 0 radical (unpaired) electrons. The van der Waals surface area contributed by atoms with Crippen molar-refractivity contribution in [1.82, 2.24) is 5.32 Å². The van der Waals surface area contributed by atoms with Crippen LogP contribution in [-0.4, -0.2) is 151 Å². The van der Waals surface area contributed by atoms with E-state index in [1.165, 1.54) is 40.5 Å². The van der Waals surface area contributed by atoms with Crippen molar-refractivity contribution in [2.24, 2.45) is 0 Å². The van der Waals surface area contributed by atoms with Crippen LogP contribution in [0.5, 0.6) is 0 Å². The fraction of sp³-hybridized carbons (Fsp3) is 0.469. The Morgan fingerprint density at radius 1 is 0.478 bits per heavy atom. The molecule has 18 heteroatoms. The Labute approximate surface area is 389 Å². The fourth-order valence-corrected chi connectivity index (χ4v) is 6.71. The monoisotopic (exact) mass is 942 g/mol. The molecule has 1 amide bonds. The van der Waals surface area contributed by atoms with Crippen molar-refractivity contribution < 1.29 is 74.9 Å². The molecule has 0 fully saturated rings. The summed E-state index contributed by atoms with van der Waals surface area (Å²) in [7, 11) is 0. The maximum absolute atomic E-state index is 13.1. The molecule has 0 aromatic heterocycles. The molecule has 4 aromatic carbocycles. The molecule has 0 saturated carbocycles. The second kappa shape index (κ2) is 31.0. The van der Waals surface area contributed by atoms with Crippen molar-refractivity contribution in [2.45, 2.75) is 12.1 Å². The Morgan fingerprint density at radius 3 is 1.40 bits per heavy atom. The van der Waals surface area contributed by atoms with Gasteiger partial charge in [0.15, 0.2) is 0 Å². The van der Waals surface area contributed by atoms with Crippen molar-refractivity contribution >= 4 is 23.4 Å². The number of carbonyl (C=O) groups excluding carboxylic acids is 2. The van der Waals surface area contributed by atoms with Crippen molar-refractivity contribution in [3.63, 3.8) is 0 Å². The van der Waals surface area contributed by atoms with Gasteiger partial charge in [0.05, 0.1) is 136 Å². The maximum atomic E-state index is 13.1. The van der Waals surface area contributed by atoms with E-state index in [1.54, 1.807) is 18.2 Å². The highest BCUT2D eigenvalue weighted by Gasteiger charge is 2.31. The topological polar surface area (TPSA) is 160 Å². The van der Waals surface area contributed by atoms with Crippen molar-refractivity contribution in [2.75, 3.05) is 144 Å². The number of nitrogens with one attached hydrogen (secondary N) is 2. The lowest BCUT2D eigenvalue weighted by atomic mass is 9.98. The Balaban J connectivity index is 0.704. The summed E-state index contributed by atoms with van der Waals surface area (Å²) >= 11 is 0. The smallest absolute Gasteiger partial charge is 0.416 e. The summed E-state index contributed by atoms with van der Waals surface area (Å²) in [6, 6.07) is 27.6. The number of para-hydroxylation sites is 1. The van der Waals surface area contributed by atoms with Crippen LogP contribution in [0.1, 0.15) is 33.0 Å². The van der Waals surface area contributed by atoms with E-state index in [0.717, 1.165) is 12.1 Å². The third-order valence-electron chi connectivity index (χ3n) is 9.91. The first kappa shape index (κ1) is 52.8. The van der Waals surface area contributed by atoms with Gasteiger partial charge in [0, 0.05) is 18.2 Å². The Hall–Kier alpha value is -5.15. The molecule has 0 bridgehead atoms. The quantitative estimate of drug-likeness (QED) is 0.0350. The predicted octanol–water partition coefficient (Wildman–Crippen LogP) is 7.29. The number of rotatable bonds is 35. The molecule has 0 saturated heterocycles. The maximum Gasteiger partial charge on any atom is 0.416 e. The van der Waals surface area contributed by atoms with Gasteiger partial charge < -0.3 is 62.7 Å². The zero-order valence-corrected chi connectivity index (χ0v) is 37.6. The summed E-state index contributed by atoms with van der Waals surface area (Å²) in [6.07, 6.45) is -4.95. The largest absolute Gasteiger partial charge is 0.460 e. The molecule has 67 heavy (non-hydrogen) atoms. The fourth-order valence-electron chi connectivity index (χ4n) is 6.71. The third kappa shape index (κ3) is 19.9. The van der Waals surface area contributed by atoms with E-state index >= 15 is 0 Å². The van der Waals surface area contributed by atoms with Crippen LogP contribution in [0.15, 0.2) is 97.1 Å². The highest BCUT2D eigenvalue weighted by atomic mass is 19.4. The average Bonchev–Trinajstić information content (AvgIpc) is 3.65. The number of anilines is 2. The molecule has 5 rings (SSSR count). The van der Waals surface area contributed by atoms with Gasteiger partial charge in [-0.15, -0.1) is 0 Å². The van der Waals surface area contributed by atoms with Crippen LogP contribution < -0.4 is 10.6 Å². The molecule has 4 aromatic rings. The summed E-state index contributed by atoms with van der Waals surface area (Å²) in [4.78, 5) is 24.9. The number of benzene rings is 4. The molecule has 0 unspecified atom stereocenters. The number of alkyl carbamates (subject to hydrolysis) is 1.